The molecule has 3 rings (SSSR count). The monoisotopic (exact) mass is 245 g/mol. The van der Waals surface area contributed by atoms with Gasteiger partial charge in [0, 0.05) is 31.6 Å². The van der Waals surface area contributed by atoms with E-state index >= 15 is 0 Å². The molecule has 0 atom stereocenters. The van der Waals surface area contributed by atoms with Crippen molar-refractivity contribution in [2.75, 3.05) is 26.2 Å². The minimum Gasteiger partial charge on any atom is -0.337 e. The zero-order chi connectivity index (χ0) is 12.8. The van der Waals surface area contributed by atoms with Crippen LogP contribution in [-0.4, -0.2) is 37.0 Å². The van der Waals surface area contributed by atoms with Crippen molar-refractivity contribution >= 4 is 5.91 Å². The number of amides is 1. The number of nitrogens with zero attached hydrogens (tertiary/aromatic N) is 2. The lowest BCUT2D eigenvalue weighted by Gasteiger charge is -2.56. The summed E-state index contributed by atoms with van der Waals surface area (Å²) in [7, 11) is 0. The van der Waals surface area contributed by atoms with Crippen LogP contribution in [0.4, 0.5) is 4.39 Å². The average molecular weight is 245 g/mol. The molecule has 4 nitrogen and oxygen atoms in total. The Morgan fingerprint density at radius 2 is 2.17 bits per heavy atom. The molecule has 2 heterocycles. The minimum absolute atomic E-state index is 0.0520. The van der Waals surface area contributed by atoms with Crippen molar-refractivity contribution < 1.29 is 9.18 Å². The van der Waals surface area contributed by atoms with Gasteiger partial charge >= 0.3 is 0 Å². The molecule has 2 aliphatic heterocycles. The molecule has 1 spiro atoms. The molecule has 0 unspecified atom stereocenters. The summed E-state index contributed by atoms with van der Waals surface area (Å²) in [5, 5.41) is 11.8. The van der Waals surface area contributed by atoms with Gasteiger partial charge in [0.15, 0.2) is 0 Å². The van der Waals surface area contributed by atoms with Crippen LogP contribution in [0.1, 0.15) is 15.9 Å². The maximum Gasteiger partial charge on any atom is 0.256 e. The number of benzene rings is 1. The largest absolute Gasteiger partial charge is 0.337 e. The van der Waals surface area contributed by atoms with E-state index in [9.17, 15) is 9.18 Å². The Kier molecular flexibility index (Phi) is 2.35. The highest BCUT2D eigenvalue weighted by atomic mass is 19.1. The van der Waals surface area contributed by atoms with Gasteiger partial charge in [-0.05, 0) is 18.2 Å². The number of nitriles is 1. The van der Waals surface area contributed by atoms with Crippen LogP contribution in [0.25, 0.3) is 0 Å². The summed E-state index contributed by atoms with van der Waals surface area (Å²) < 4.78 is 13.7. The van der Waals surface area contributed by atoms with Crippen LogP contribution in [0, 0.1) is 22.6 Å². The summed E-state index contributed by atoms with van der Waals surface area (Å²) in [6.07, 6.45) is 0. The van der Waals surface area contributed by atoms with Gasteiger partial charge in [-0.25, -0.2) is 4.39 Å². The summed E-state index contributed by atoms with van der Waals surface area (Å²) in [6, 6.07) is 5.81. The van der Waals surface area contributed by atoms with Crippen LogP contribution in [0.5, 0.6) is 0 Å². The van der Waals surface area contributed by atoms with E-state index < -0.39 is 5.82 Å². The van der Waals surface area contributed by atoms with E-state index in [0.29, 0.717) is 13.1 Å². The van der Waals surface area contributed by atoms with E-state index in [1.54, 1.807) is 4.90 Å². The van der Waals surface area contributed by atoms with Crippen molar-refractivity contribution in [3.8, 4) is 6.07 Å². The number of hydrogen-bond donors (Lipinski definition) is 1. The molecule has 0 saturated carbocycles. The van der Waals surface area contributed by atoms with Crippen molar-refractivity contribution in [2.45, 2.75) is 0 Å². The fourth-order valence-corrected chi connectivity index (χ4v) is 2.54. The second kappa shape index (κ2) is 3.79. The van der Waals surface area contributed by atoms with Gasteiger partial charge < -0.3 is 10.2 Å². The molecule has 2 aliphatic rings. The molecular formula is C13H12FN3O. The Morgan fingerprint density at radius 1 is 1.44 bits per heavy atom. The predicted octanol–water partition coefficient (Wildman–Crippen LogP) is 0.743. The fraction of sp³-hybridized carbons (Fsp3) is 0.385. The number of nitrogens with one attached hydrogen (secondary N) is 1. The number of carbonyl (C=O) groups is 1. The van der Waals surface area contributed by atoms with Crippen LogP contribution in [0.2, 0.25) is 0 Å². The Balaban J connectivity index is 1.75. The van der Waals surface area contributed by atoms with Gasteiger partial charge in [-0.2, -0.15) is 5.26 Å². The summed E-state index contributed by atoms with van der Waals surface area (Å²) in [5.41, 5.74) is 0.516. The Bertz CT molecular complexity index is 552. The van der Waals surface area contributed by atoms with Crippen LogP contribution in [-0.2, 0) is 0 Å². The smallest absolute Gasteiger partial charge is 0.256 e. The van der Waals surface area contributed by atoms with Crippen molar-refractivity contribution in [3.05, 3.63) is 35.1 Å². The molecule has 18 heavy (non-hydrogen) atoms. The van der Waals surface area contributed by atoms with Crippen LogP contribution in [0.15, 0.2) is 18.2 Å². The normalized spacial score (nSPS) is 19.9. The lowest BCUT2D eigenvalue weighted by Crippen LogP contribution is -2.71. The molecule has 2 fully saturated rings. The van der Waals surface area contributed by atoms with Gasteiger partial charge in [0.2, 0.25) is 0 Å². The zero-order valence-electron chi connectivity index (χ0n) is 9.74. The highest BCUT2D eigenvalue weighted by Gasteiger charge is 2.49. The van der Waals surface area contributed by atoms with E-state index in [4.69, 9.17) is 5.26 Å². The van der Waals surface area contributed by atoms with Crippen molar-refractivity contribution in [2.24, 2.45) is 5.41 Å². The molecule has 0 bridgehead atoms. The van der Waals surface area contributed by atoms with Gasteiger partial charge in [-0.3, -0.25) is 4.79 Å². The number of rotatable bonds is 1. The number of carbonyl (C=O) groups excluding carboxylic acids is 1. The van der Waals surface area contributed by atoms with Crippen LogP contribution < -0.4 is 5.32 Å². The Hall–Kier alpha value is -1.93. The molecule has 0 aliphatic carbocycles. The average Bonchev–Trinajstić information content (AvgIpc) is 2.24. The molecule has 1 aromatic rings. The second-order valence-corrected chi connectivity index (χ2v) is 5.07. The first-order chi connectivity index (χ1) is 8.63. The third-order valence-electron chi connectivity index (χ3n) is 3.67. The summed E-state index contributed by atoms with van der Waals surface area (Å²) in [4.78, 5) is 13.7. The lowest BCUT2D eigenvalue weighted by molar-refractivity contribution is -0.0250. The number of hydrogen-bond acceptors (Lipinski definition) is 3. The van der Waals surface area contributed by atoms with Crippen molar-refractivity contribution in [1.29, 1.82) is 5.26 Å². The third kappa shape index (κ3) is 1.57. The molecule has 1 aromatic carbocycles. The van der Waals surface area contributed by atoms with E-state index in [-0.39, 0.29) is 22.4 Å². The zero-order valence-corrected chi connectivity index (χ0v) is 9.74. The lowest BCUT2D eigenvalue weighted by atomic mass is 9.74. The summed E-state index contributed by atoms with van der Waals surface area (Å²) >= 11 is 0. The molecule has 5 heteroatoms. The highest BCUT2D eigenvalue weighted by molar-refractivity contribution is 5.95. The first kappa shape index (κ1) is 11.2. The molecule has 92 valence electrons. The molecule has 2 saturated heterocycles. The maximum absolute atomic E-state index is 13.7. The van der Waals surface area contributed by atoms with E-state index in [2.05, 4.69) is 5.32 Å². The van der Waals surface area contributed by atoms with Crippen LogP contribution in [0.3, 0.4) is 0 Å². The predicted molar refractivity (Wildman–Crippen MR) is 62.3 cm³/mol. The molecule has 0 radical (unpaired) electrons. The molecule has 1 N–H and O–H groups in total. The van der Waals surface area contributed by atoms with Crippen molar-refractivity contribution in [3.63, 3.8) is 0 Å². The standard InChI is InChI=1S/C13H12FN3O/c14-11-3-9(4-15)1-2-10(11)12(18)17-7-13(8-17)5-16-6-13/h1-3,16H,5-8H2. The number of halogens is 1. The fourth-order valence-electron chi connectivity index (χ4n) is 2.54. The van der Waals surface area contributed by atoms with Gasteiger partial charge in [-0.15, -0.1) is 0 Å². The van der Waals surface area contributed by atoms with Crippen molar-refractivity contribution in [1.82, 2.24) is 10.2 Å². The quantitative estimate of drug-likeness (QED) is 0.794. The summed E-state index contributed by atoms with van der Waals surface area (Å²) in [5.74, 6) is -0.902. The SMILES string of the molecule is N#Cc1ccc(C(=O)N2CC3(CNC3)C2)c(F)c1. The summed E-state index contributed by atoms with van der Waals surface area (Å²) in [6.45, 7) is 3.26. The third-order valence-corrected chi connectivity index (χ3v) is 3.67. The first-order valence-electron chi connectivity index (χ1n) is 5.83. The Labute approximate surface area is 104 Å². The van der Waals surface area contributed by atoms with E-state index in [1.807, 2.05) is 6.07 Å². The highest BCUT2D eigenvalue weighted by Crippen LogP contribution is 2.35. The van der Waals surface area contributed by atoms with E-state index in [1.165, 1.54) is 12.1 Å². The van der Waals surface area contributed by atoms with Crippen LogP contribution >= 0.6 is 0 Å². The second-order valence-electron chi connectivity index (χ2n) is 5.07. The van der Waals surface area contributed by atoms with Gasteiger partial charge in [-0.1, -0.05) is 0 Å². The first-order valence-corrected chi connectivity index (χ1v) is 5.83. The van der Waals surface area contributed by atoms with Gasteiger partial charge in [0.05, 0.1) is 17.2 Å². The number of likely N-dealkylation sites (tertiary alicyclic amines) is 1. The maximum atomic E-state index is 13.7. The van der Waals surface area contributed by atoms with Gasteiger partial charge in [0.25, 0.3) is 5.91 Å². The molecular weight excluding hydrogens is 233 g/mol. The van der Waals surface area contributed by atoms with E-state index in [0.717, 1.165) is 19.2 Å². The molecule has 1 amide bonds. The minimum atomic E-state index is -0.619. The van der Waals surface area contributed by atoms with Gasteiger partial charge in [0.1, 0.15) is 5.82 Å². The Morgan fingerprint density at radius 3 is 2.67 bits per heavy atom. The molecule has 0 aromatic heterocycles. The topological polar surface area (TPSA) is 56.1 Å².